The van der Waals surface area contributed by atoms with Crippen LogP contribution >= 0.6 is 17.0 Å². The maximum Gasteiger partial charge on any atom is 0.301 e. The zero-order chi connectivity index (χ0) is 25.1. The third kappa shape index (κ3) is 10.5. The number of halogens is 1. The van der Waals surface area contributed by atoms with Gasteiger partial charge in [-0.3, -0.25) is 4.57 Å². The standard InChI is InChI=1S/C28H43N5O.BrH/c1-21(2)12-9-13-22(3)14-10-15-23(4)16-11-17-24(5)18-19-33-20-32(7)28-26(33)27(31-34-8)29-25(6)30-28;/h12,14,16,18,20H,9-11,13,15,17,19H2,1-8H3;1H/b22-14+,23-16+,24-18+;. The van der Waals surface area contributed by atoms with E-state index < -0.39 is 0 Å². The van der Waals surface area contributed by atoms with Gasteiger partial charge in [-0.2, -0.15) is 0 Å². The first-order valence-electron chi connectivity index (χ1n) is 12.3. The Morgan fingerprint density at radius 3 is 2.00 bits per heavy atom. The Morgan fingerprint density at radius 2 is 1.46 bits per heavy atom. The summed E-state index contributed by atoms with van der Waals surface area (Å²) in [5.74, 6) is 1.25. The number of aromatic nitrogens is 4. The maximum atomic E-state index is 5.01. The van der Waals surface area contributed by atoms with Crippen LogP contribution in [-0.4, -0.2) is 21.6 Å². The molecule has 35 heavy (non-hydrogen) atoms. The van der Waals surface area contributed by atoms with Crippen molar-refractivity contribution in [2.45, 2.75) is 86.6 Å². The van der Waals surface area contributed by atoms with Gasteiger partial charge < -0.3 is 15.3 Å². The molecule has 0 bridgehead atoms. The molecule has 0 N–H and O–H groups in total. The molecule has 2 aromatic rings. The molecule has 0 saturated carbocycles. The zero-order valence-corrected chi connectivity index (χ0v) is 24.6. The van der Waals surface area contributed by atoms with Crippen molar-refractivity contribution in [3.8, 4) is 0 Å². The number of allylic oxidation sites excluding steroid dienone is 8. The number of aryl methyl sites for hydroxylation is 2. The Labute approximate surface area is 222 Å². The predicted molar refractivity (Wildman–Crippen MR) is 152 cm³/mol. The second-order valence-corrected chi connectivity index (χ2v) is 9.47. The predicted octanol–water partition coefficient (Wildman–Crippen LogP) is 7.85. The highest BCUT2D eigenvalue weighted by atomic mass is 79.9. The first-order chi connectivity index (χ1) is 16.2. The molecule has 6 nitrogen and oxygen atoms in total. The Hall–Kier alpha value is -2.25. The van der Waals surface area contributed by atoms with Crippen LogP contribution in [0.3, 0.4) is 0 Å². The molecule has 0 radical (unpaired) electrons. The Kier molecular flexibility index (Phi) is 13.8. The minimum Gasteiger partial charge on any atom is -0.404 e. The molecular weight excluding hydrogens is 502 g/mol. The lowest BCUT2D eigenvalue weighted by atomic mass is 10.0. The van der Waals surface area contributed by atoms with Gasteiger partial charge in [0.2, 0.25) is 0 Å². The van der Waals surface area contributed by atoms with Gasteiger partial charge in [0.1, 0.15) is 5.82 Å². The molecular formula is C28H44BrN5O. The molecule has 0 unspecified atom stereocenters. The van der Waals surface area contributed by atoms with Crippen LogP contribution in [0.5, 0.6) is 0 Å². The largest absolute Gasteiger partial charge is 0.404 e. The van der Waals surface area contributed by atoms with E-state index in [2.05, 4.69) is 78.9 Å². The van der Waals surface area contributed by atoms with E-state index in [-0.39, 0.29) is 17.0 Å². The molecule has 2 heterocycles. The second kappa shape index (κ2) is 15.7. The van der Waals surface area contributed by atoms with Crippen LogP contribution in [0.15, 0.2) is 52.9 Å². The average molecular weight is 547 g/mol. The van der Waals surface area contributed by atoms with E-state index in [9.17, 15) is 0 Å². The van der Waals surface area contributed by atoms with E-state index >= 15 is 0 Å². The average Bonchev–Trinajstić information content (AvgIpc) is 3.07. The Balaban J connectivity index is 0.00000612. The number of rotatable bonds is 13. The number of hydrogen-bond acceptors (Lipinski definition) is 3. The van der Waals surface area contributed by atoms with Crippen molar-refractivity contribution in [3.05, 3.63) is 64.2 Å². The van der Waals surface area contributed by atoms with Crippen molar-refractivity contribution in [2.75, 3.05) is 7.11 Å². The molecule has 2 aromatic heterocycles. The highest BCUT2D eigenvalue weighted by Crippen LogP contribution is 2.25. The van der Waals surface area contributed by atoms with E-state index in [1.54, 1.807) is 7.11 Å². The van der Waals surface area contributed by atoms with E-state index in [4.69, 9.17) is 4.84 Å². The van der Waals surface area contributed by atoms with E-state index in [0.717, 1.165) is 49.8 Å². The topological polar surface area (TPSA) is 57.9 Å². The summed E-state index contributed by atoms with van der Waals surface area (Å²) in [4.78, 5) is 14.0. The summed E-state index contributed by atoms with van der Waals surface area (Å²) in [5.41, 5.74) is 11.6. The number of fused-ring (bicyclic) bond motifs is 1. The summed E-state index contributed by atoms with van der Waals surface area (Å²) in [7, 11) is 3.53. The van der Waals surface area contributed by atoms with Gasteiger partial charge in [-0.05, 0) is 80.1 Å². The highest BCUT2D eigenvalue weighted by molar-refractivity contribution is 8.93. The van der Waals surface area contributed by atoms with Gasteiger partial charge in [-0.25, -0.2) is 4.57 Å². The van der Waals surface area contributed by atoms with Crippen molar-refractivity contribution in [3.63, 3.8) is 0 Å². The Bertz CT molecular complexity index is 1070. The maximum absolute atomic E-state index is 5.01. The smallest absolute Gasteiger partial charge is 0.301 e. The van der Waals surface area contributed by atoms with E-state index in [1.165, 1.54) is 28.7 Å². The highest BCUT2D eigenvalue weighted by Gasteiger charge is 2.16. The van der Waals surface area contributed by atoms with Gasteiger partial charge in [-0.15, -0.1) is 22.0 Å². The monoisotopic (exact) mass is 545 g/mol. The SMILES string of the molecule is Br.CO[N-]c1nc(C)nc2c1n(C/C=C(\C)CC/C=C(\C)CC/C=C(\C)CCC=C(C)C)c[n+]2C. The van der Waals surface area contributed by atoms with Crippen LogP contribution in [0.4, 0.5) is 5.82 Å². The Morgan fingerprint density at radius 1 is 0.914 bits per heavy atom. The molecule has 0 saturated heterocycles. The third-order valence-corrected chi connectivity index (χ3v) is 5.86. The van der Waals surface area contributed by atoms with Crippen LogP contribution in [0.2, 0.25) is 0 Å². The molecule has 0 fully saturated rings. The molecule has 0 aliphatic carbocycles. The summed E-state index contributed by atoms with van der Waals surface area (Å²) >= 11 is 0. The van der Waals surface area contributed by atoms with E-state index in [0.29, 0.717) is 11.6 Å². The quantitative estimate of drug-likeness (QED) is 0.146. The first-order valence-corrected chi connectivity index (χ1v) is 12.3. The summed E-state index contributed by atoms with van der Waals surface area (Å²) in [6.45, 7) is 13.7. The minimum absolute atomic E-state index is 0. The van der Waals surface area contributed by atoms with Crippen LogP contribution < -0.4 is 4.57 Å². The van der Waals surface area contributed by atoms with Gasteiger partial charge >= 0.3 is 5.65 Å². The second-order valence-electron chi connectivity index (χ2n) is 9.47. The van der Waals surface area contributed by atoms with Gasteiger partial charge in [-0.1, -0.05) is 46.6 Å². The van der Waals surface area contributed by atoms with E-state index in [1.807, 2.05) is 24.9 Å². The fourth-order valence-corrected chi connectivity index (χ4v) is 3.89. The lowest BCUT2D eigenvalue weighted by Crippen LogP contribution is -2.26. The van der Waals surface area contributed by atoms with Gasteiger partial charge in [0.15, 0.2) is 11.8 Å². The fraction of sp³-hybridized carbons (Fsp3) is 0.536. The zero-order valence-electron chi connectivity index (χ0n) is 22.9. The lowest BCUT2D eigenvalue weighted by molar-refractivity contribution is -0.647. The van der Waals surface area contributed by atoms with Crippen molar-refractivity contribution in [1.29, 1.82) is 0 Å². The first kappa shape index (κ1) is 30.8. The molecule has 2 rings (SSSR count). The molecule has 0 aliphatic heterocycles. The molecule has 0 spiro atoms. The normalized spacial score (nSPS) is 12.6. The van der Waals surface area contributed by atoms with Crippen LogP contribution in [-0.2, 0) is 18.4 Å². The van der Waals surface area contributed by atoms with Crippen LogP contribution in [0.1, 0.15) is 79.0 Å². The number of hydrogen-bond donors (Lipinski definition) is 0. The van der Waals surface area contributed by atoms with Gasteiger partial charge in [0.05, 0.1) is 13.6 Å². The summed E-state index contributed by atoms with van der Waals surface area (Å²) in [5, 5.41) is 0. The van der Waals surface area contributed by atoms with Gasteiger partial charge in [0.25, 0.3) is 0 Å². The number of nitrogens with zero attached hydrogens (tertiary/aromatic N) is 5. The fourth-order valence-electron chi connectivity index (χ4n) is 3.89. The van der Waals surface area contributed by atoms with Crippen LogP contribution in [0, 0.1) is 6.92 Å². The minimum atomic E-state index is 0. The van der Waals surface area contributed by atoms with Crippen molar-refractivity contribution in [2.24, 2.45) is 7.05 Å². The third-order valence-electron chi connectivity index (χ3n) is 5.86. The molecule has 0 atom stereocenters. The molecule has 7 heteroatoms. The van der Waals surface area contributed by atoms with Crippen molar-refractivity contribution >= 4 is 34.0 Å². The molecule has 194 valence electrons. The van der Waals surface area contributed by atoms with Gasteiger partial charge in [0, 0.05) is 12.9 Å². The molecule has 0 aromatic carbocycles. The lowest BCUT2D eigenvalue weighted by Gasteiger charge is -2.12. The van der Waals surface area contributed by atoms with Crippen molar-refractivity contribution < 1.29 is 9.40 Å². The van der Waals surface area contributed by atoms with Crippen molar-refractivity contribution in [1.82, 2.24) is 14.5 Å². The summed E-state index contributed by atoms with van der Waals surface area (Å²) in [6, 6.07) is 0. The summed E-state index contributed by atoms with van der Waals surface area (Å²) < 4.78 is 4.13. The van der Waals surface area contributed by atoms with Crippen LogP contribution in [0.25, 0.3) is 16.6 Å². The molecule has 0 amide bonds. The molecule has 0 aliphatic rings. The number of imidazole rings is 1. The summed E-state index contributed by atoms with van der Waals surface area (Å²) in [6.07, 6.45) is 18.1.